The van der Waals surface area contributed by atoms with Crippen molar-refractivity contribution in [2.75, 3.05) is 6.61 Å². The number of carbonyl (C=O) groups excluding carboxylic acids is 2. The third-order valence-corrected chi connectivity index (χ3v) is 4.94. The molecule has 2 aliphatic rings. The minimum Gasteiger partial charge on any atom is -0.493 e. The first kappa shape index (κ1) is 18.6. The van der Waals surface area contributed by atoms with Gasteiger partial charge in [0.25, 0.3) is 5.91 Å². The molecule has 11 nitrogen and oxygen atoms in total. The van der Waals surface area contributed by atoms with E-state index in [2.05, 4.69) is 4.98 Å². The van der Waals surface area contributed by atoms with E-state index in [4.69, 9.17) is 20.9 Å². The van der Waals surface area contributed by atoms with Crippen LogP contribution < -0.4 is 11.5 Å². The number of nitrogens with zero attached hydrogens (tertiary/aromatic N) is 2. The molecular formula is C15H22N4O7. The monoisotopic (exact) mass is 370 g/mol. The van der Waals surface area contributed by atoms with Crippen LogP contribution in [-0.2, 0) is 14.3 Å². The second-order valence-corrected chi connectivity index (χ2v) is 6.96. The molecule has 144 valence electrons. The molecule has 7 N–H and O–H groups in total. The number of hydrogen-bond donors (Lipinski definition) is 5. The second kappa shape index (κ2) is 6.20. The maximum Gasteiger partial charge on any atom is 0.323 e. The largest absolute Gasteiger partial charge is 0.493 e. The Bertz CT molecular complexity index is 736. The van der Waals surface area contributed by atoms with Gasteiger partial charge in [0.1, 0.15) is 42.6 Å². The lowest BCUT2D eigenvalue weighted by Gasteiger charge is -2.23. The van der Waals surface area contributed by atoms with Crippen molar-refractivity contribution in [2.24, 2.45) is 17.4 Å². The smallest absolute Gasteiger partial charge is 0.323 e. The molecule has 3 rings (SSSR count). The lowest BCUT2D eigenvalue weighted by Crippen LogP contribution is -2.43. The van der Waals surface area contributed by atoms with Gasteiger partial charge in [0.2, 0.25) is 5.88 Å². The first-order chi connectivity index (χ1) is 12.1. The van der Waals surface area contributed by atoms with Gasteiger partial charge in [0, 0.05) is 0 Å². The molecular weight excluding hydrogens is 348 g/mol. The summed E-state index contributed by atoms with van der Waals surface area (Å²) in [7, 11) is 0. The number of carbonyl (C=O) groups is 2. The normalized spacial score (nSPS) is 33.8. The van der Waals surface area contributed by atoms with Crippen molar-refractivity contribution in [3.63, 3.8) is 0 Å². The number of amides is 1. The van der Waals surface area contributed by atoms with Crippen LogP contribution in [0.1, 0.15) is 30.4 Å². The molecule has 1 aliphatic carbocycles. The second-order valence-electron chi connectivity index (χ2n) is 6.96. The zero-order valence-corrected chi connectivity index (χ0v) is 14.3. The van der Waals surface area contributed by atoms with Gasteiger partial charge in [-0.1, -0.05) is 13.8 Å². The van der Waals surface area contributed by atoms with E-state index in [1.54, 1.807) is 13.8 Å². The summed E-state index contributed by atoms with van der Waals surface area (Å²) in [6, 6.07) is -1.64. The molecule has 0 radical (unpaired) electrons. The maximum atomic E-state index is 11.8. The summed E-state index contributed by atoms with van der Waals surface area (Å²) in [6.45, 7) is 3.27. The molecule has 1 amide bonds. The van der Waals surface area contributed by atoms with Crippen LogP contribution in [0, 0.1) is 5.92 Å². The molecule has 1 saturated carbocycles. The standard InChI is InChI=1S/C15H22N4O7/c1-5(2)7(16)14(23)25-3-6-10(20)15(24)9(11(15)26-6)19-4-18-8(12(17)21)13(19)22/h4-7,9-11,20,22,24H,3,16H2,1-2H3,(H2,17,21)/t6-,7?,9?,10-,11+,15+/m1/s1. The number of aromatic nitrogens is 2. The van der Waals surface area contributed by atoms with Crippen LogP contribution >= 0.6 is 0 Å². The Labute approximate surface area is 148 Å². The fraction of sp³-hybridized carbons (Fsp3) is 0.667. The van der Waals surface area contributed by atoms with Crippen LogP contribution in [0.4, 0.5) is 0 Å². The van der Waals surface area contributed by atoms with E-state index in [0.29, 0.717) is 0 Å². The van der Waals surface area contributed by atoms with E-state index in [1.807, 2.05) is 0 Å². The van der Waals surface area contributed by atoms with E-state index in [-0.39, 0.29) is 18.2 Å². The molecule has 0 bridgehead atoms. The number of esters is 1. The average molecular weight is 370 g/mol. The first-order valence-corrected chi connectivity index (χ1v) is 8.14. The van der Waals surface area contributed by atoms with Crippen molar-refractivity contribution in [3.8, 4) is 5.88 Å². The number of aliphatic hydroxyl groups is 2. The highest BCUT2D eigenvalue weighted by atomic mass is 16.6. The number of fused-ring (bicyclic) bond motifs is 1. The molecule has 1 saturated heterocycles. The molecule has 26 heavy (non-hydrogen) atoms. The zero-order valence-electron chi connectivity index (χ0n) is 14.3. The van der Waals surface area contributed by atoms with Gasteiger partial charge in [-0.05, 0) is 5.92 Å². The molecule has 0 aromatic carbocycles. The van der Waals surface area contributed by atoms with Gasteiger partial charge in [-0.25, -0.2) is 4.98 Å². The Morgan fingerprint density at radius 1 is 1.50 bits per heavy atom. The molecule has 1 aromatic rings. The molecule has 6 atom stereocenters. The molecule has 2 unspecified atom stereocenters. The molecule has 2 fully saturated rings. The highest BCUT2D eigenvalue weighted by Crippen LogP contribution is 2.59. The van der Waals surface area contributed by atoms with Gasteiger partial charge in [-0.3, -0.25) is 14.2 Å². The highest BCUT2D eigenvalue weighted by Gasteiger charge is 2.77. The molecule has 1 aromatic heterocycles. The maximum absolute atomic E-state index is 11.8. The topological polar surface area (TPSA) is 183 Å². The van der Waals surface area contributed by atoms with Crippen LogP contribution in [0.15, 0.2) is 6.33 Å². The van der Waals surface area contributed by atoms with Crippen LogP contribution in [-0.4, -0.2) is 73.3 Å². The lowest BCUT2D eigenvalue weighted by atomic mass is 10.1. The Hall–Kier alpha value is -2.21. The summed E-state index contributed by atoms with van der Waals surface area (Å²) in [5, 5.41) is 31.0. The van der Waals surface area contributed by atoms with Crippen molar-refractivity contribution < 1.29 is 34.4 Å². The van der Waals surface area contributed by atoms with E-state index < -0.39 is 53.8 Å². The summed E-state index contributed by atoms with van der Waals surface area (Å²) in [4.78, 5) is 26.6. The number of imidazole rings is 1. The SMILES string of the molecule is CC(C)C(N)C(=O)OC[C@H]1O[C@H]2C(n3cnc(C(N)=O)c3O)[C@]2(O)[C@@H]1O. The average Bonchev–Trinajstić information content (AvgIpc) is 2.84. The summed E-state index contributed by atoms with van der Waals surface area (Å²) in [5.74, 6) is -2.18. The fourth-order valence-corrected chi connectivity index (χ4v) is 3.20. The number of aromatic hydroxyl groups is 1. The number of hydrogen-bond acceptors (Lipinski definition) is 9. The Morgan fingerprint density at radius 2 is 2.15 bits per heavy atom. The van der Waals surface area contributed by atoms with Gasteiger partial charge in [0.05, 0.1) is 6.33 Å². The number of nitrogens with two attached hydrogens (primary N) is 2. The minimum absolute atomic E-state index is 0.109. The summed E-state index contributed by atoms with van der Waals surface area (Å²) < 4.78 is 11.7. The minimum atomic E-state index is -1.70. The van der Waals surface area contributed by atoms with E-state index >= 15 is 0 Å². The third-order valence-electron chi connectivity index (χ3n) is 4.94. The predicted octanol–water partition coefficient (Wildman–Crippen LogP) is -2.37. The molecule has 1 aliphatic heterocycles. The number of rotatable bonds is 6. The van der Waals surface area contributed by atoms with Crippen molar-refractivity contribution in [1.82, 2.24) is 9.55 Å². The molecule has 11 heteroatoms. The first-order valence-electron chi connectivity index (χ1n) is 8.14. The predicted molar refractivity (Wildman–Crippen MR) is 84.8 cm³/mol. The van der Waals surface area contributed by atoms with Gasteiger partial charge in [-0.15, -0.1) is 0 Å². The summed E-state index contributed by atoms with van der Waals surface area (Å²) in [5.41, 5.74) is 8.71. The van der Waals surface area contributed by atoms with Crippen molar-refractivity contribution >= 4 is 11.9 Å². The van der Waals surface area contributed by atoms with Gasteiger partial charge >= 0.3 is 5.97 Å². The van der Waals surface area contributed by atoms with E-state index in [1.165, 1.54) is 0 Å². The van der Waals surface area contributed by atoms with Crippen molar-refractivity contribution in [3.05, 3.63) is 12.0 Å². The summed E-state index contributed by atoms with van der Waals surface area (Å²) >= 11 is 0. The lowest BCUT2D eigenvalue weighted by molar-refractivity contribution is -0.153. The number of aliphatic hydroxyl groups excluding tert-OH is 1. The van der Waals surface area contributed by atoms with E-state index in [0.717, 1.165) is 10.9 Å². The Kier molecular flexibility index (Phi) is 4.43. The number of primary amides is 1. The van der Waals surface area contributed by atoms with Gasteiger partial charge in [-0.2, -0.15) is 0 Å². The fourth-order valence-electron chi connectivity index (χ4n) is 3.20. The van der Waals surface area contributed by atoms with Crippen LogP contribution in [0.2, 0.25) is 0 Å². The molecule has 2 heterocycles. The Morgan fingerprint density at radius 3 is 2.62 bits per heavy atom. The zero-order chi connectivity index (χ0) is 19.4. The highest BCUT2D eigenvalue weighted by molar-refractivity contribution is 5.93. The van der Waals surface area contributed by atoms with Crippen LogP contribution in [0.25, 0.3) is 0 Å². The number of ether oxygens (including phenoxy) is 2. The van der Waals surface area contributed by atoms with Crippen molar-refractivity contribution in [1.29, 1.82) is 0 Å². The quantitative estimate of drug-likeness (QED) is 0.341. The van der Waals surface area contributed by atoms with Gasteiger partial charge < -0.3 is 36.3 Å². The van der Waals surface area contributed by atoms with Gasteiger partial charge in [0.15, 0.2) is 5.69 Å². The van der Waals surface area contributed by atoms with Crippen LogP contribution in [0.3, 0.4) is 0 Å². The Balaban J connectivity index is 1.65. The van der Waals surface area contributed by atoms with Crippen LogP contribution in [0.5, 0.6) is 5.88 Å². The molecule has 0 spiro atoms. The van der Waals surface area contributed by atoms with Crippen molar-refractivity contribution in [2.45, 2.75) is 49.8 Å². The van der Waals surface area contributed by atoms with E-state index in [9.17, 15) is 24.9 Å². The summed E-state index contributed by atoms with van der Waals surface area (Å²) in [6.07, 6.45) is -2.05. The third kappa shape index (κ3) is 2.63.